The lowest BCUT2D eigenvalue weighted by molar-refractivity contribution is -0.138. The van der Waals surface area contributed by atoms with E-state index in [2.05, 4.69) is 24.4 Å². The number of unbranched alkanes of at least 4 members (excludes halogenated alkanes) is 3. The van der Waals surface area contributed by atoms with E-state index in [0.717, 1.165) is 61.0 Å². The van der Waals surface area contributed by atoms with Crippen LogP contribution in [0.1, 0.15) is 56.6 Å². The van der Waals surface area contributed by atoms with Crippen LogP contribution in [0.15, 0.2) is 42.5 Å². The van der Waals surface area contributed by atoms with Crippen LogP contribution in [-0.4, -0.2) is 42.7 Å². The van der Waals surface area contributed by atoms with Crippen LogP contribution in [0.3, 0.4) is 0 Å². The number of carboxylic acids is 1. The Hall–Kier alpha value is -2.90. The van der Waals surface area contributed by atoms with Gasteiger partial charge in [-0.15, -0.1) is 0 Å². The first-order valence-corrected chi connectivity index (χ1v) is 12.2. The van der Waals surface area contributed by atoms with E-state index in [1.54, 1.807) is 0 Å². The minimum absolute atomic E-state index is 0.110. The summed E-state index contributed by atoms with van der Waals surface area (Å²) < 4.78 is 5.93. The van der Waals surface area contributed by atoms with Crippen molar-refractivity contribution >= 4 is 11.9 Å². The summed E-state index contributed by atoms with van der Waals surface area (Å²) >= 11 is 0. The Balaban J connectivity index is 1.78. The van der Waals surface area contributed by atoms with Gasteiger partial charge in [0, 0.05) is 13.0 Å². The van der Waals surface area contributed by atoms with Crippen molar-refractivity contribution in [2.45, 2.75) is 64.3 Å². The fraction of sp³-hybridized carbons (Fsp3) is 0.481. The van der Waals surface area contributed by atoms with Gasteiger partial charge in [-0.2, -0.15) is 0 Å². The number of ether oxygens (including phenoxy) is 1. The second-order valence-electron chi connectivity index (χ2n) is 8.52. The van der Waals surface area contributed by atoms with Gasteiger partial charge in [0.15, 0.2) is 0 Å². The molecular weight excluding hydrogens is 430 g/mol. The molecule has 186 valence electrons. The average molecular weight is 470 g/mol. The van der Waals surface area contributed by atoms with Gasteiger partial charge in [-0.05, 0) is 79.5 Å². The number of benzene rings is 2. The van der Waals surface area contributed by atoms with E-state index in [0.29, 0.717) is 32.5 Å². The zero-order valence-electron chi connectivity index (χ0n) is 20.2. The first kappa shape index (κ1) is 27.3. The second-order valence-corrected chi connectivity index (χ2v) is 8.52. The van der Waals surface area contributed by atoms with Crippen molar-refractivity contribution in [3.05, 3.63) is 53.6 Å². The number of aliphatic carboxylic acids is 1. The Morgan fingerprint density at radius 1 is 1.03 bits per heavy atom. The van der Waals surface area contributed by atoms with Crippen molar-refractivity contribution in [1.29, 1.82) is 0 Å². The molecule has 0 aliphatic heterocycles. The summed E-state index contributed by atoms with van der Waals surface area (Å²) in [6.07, 6.45) is 6.37. The molecule has 0 unspecified atom stereocenters. The molecule has 0 heterocycles. The van der Waals surface area contributed by atoms with Gasteiger partial charge in [0.1, 0.15) is 11.8 Å². The van der Waals surface area contributed by atoms with Gasteiger partial charge in [-0.25, -0.2) is 0 Å². The number of hydrogen-bond donors (Lipinski definition) is 4. The predicted molar refractivity (Wildman–Crippen MR) is 136 cm³/mol. The summed E-state index contributed by atoms with van der Waals surface area (Å²) in [4.78, 5) is 22.7. The summed E-state index contributed by atoms with van der Waals surface area (Å²) in [5.41, 5.74) is 15.4. The molecule has 2 rings (SSSR count). The number of carbonyl (C=O) groups is 2. The fourth-order valence-electron chi connectivity index (χ4n) is 3.74. The average Bonchev–Trinajstić information content (AvgIpc) is 2.84. The standard InChI is InChI=1S/C27H39N3O4/c1-2-21-19-23(34-17-7-6-16-30-26(31)8-4-3-5-15-28)13-14-24(21)22-11-9-20(10-12-22)18-25(29)27(32)33/h9-14,19,25H,2-8,15-18,28-29H2,1H3,(H,30,31)(H,32,33)/t25-/m0/s1. The van der Waals surface area contributed by atoms with E-state index in [1.807, 2.05) is 30.3 Å². The second kappa shape index (κ2) is 15.1. The third-order valence-corrected chi connectivity index (χ3v) is 5.77. The topological polar surface area (TPSA) is 128 Å². The van der Waals surface area contributed by atoms with Gasteiger partial charge < -0.3 is 26.6 Å². The molecule has 0 bridgehead atoms. The number of carboxylic acid groups (broad SMARTS) is 1. The lowest BCUT2D eigenvalue weighted by atomic mass is 9.96. The molecule has 0 saturated carbocycles. The van der Waals surface area contributed by atoms with Crippen LogP contribution in [0.25, 0.3) is 11.1 Å². The maximum atomic E-state index is 11.8. The minimum Gasteiger partial charge on any atom is -0.494 e. The maximum Gasteiger partial charge on any atom is 0.320 e. The molecule has 0 radical (unpaired) electrons. The number of rotatable bonds is 16. The molecule has 2 aromatic rings. The molecule has 1 amide bonds. The van der Waals surface area contributed by atoms with Crippen molar-refractivity contribution in [3.8, 4) is 16.9 Å². The van der Waals surface area contributed by atoms with E-state index >= 15 is 0 Å². The summed E-state index contributed by atoms with van der Waals surface area (Å²) in [6, 6.07) is 13.1. The Labute approximate surface area is 202 Å². The molecular formula is C27H39N3O4. The molecule has 0 saturated heterocycles. The van der Waals surface area contributed by atoms with E-state index < -0.39 is 12.0 Å². The largest absolute Gasteiger partial charge is 0.494 e. The Morgan fingerprint density at radius 3 is 2.47 bits per heavy atom. The quantitative estimate of drug-likeness (QED) is 0.278. The molecule has 7 nitrogen and oxygen atoms in total. The molecule has 2 aromatic carbocycles. The van der Waals surface area contributed by atoms with Crippen LogP contribution in [0, 0.1) is 0 Å². The van der Waals surface area contributed by atoms with Gasteiger partial charge in [-0.3, -0.25) is 9.59 Å². The maximum absolute atomic E-state index is 11.8. The normalized spacial score (nSPS) is 11.7. The summed E-state index contributed by atoms with van der Waals surface area (Å²) in [5, 5.41) is 11.9. The summed E-state index contributed by atoms with van der Waals surface area (Å²) in [6.45, 7) is 4.07. The number of nitrogens with one attached hydrogen (secondary N) is 1. The minimum atomic E-state index is -0.994. The number of nitrogens with two attached hydrogens (primary N) is 2. The van der Waals surface area contributed by atoms with E-state index in [9.17, 15) is 9.59 Å². The lowest BCUT2D eigenvalue weighted by Gasteiger charge is -2.13. The van der Waals surface area contributed by atoms with Crippen molar-refractivity contribution in [2.24, 2.45) is 11.5 Å². The van der Waals surface area contributed by atoms with Gasteiger partial charge in [0.05, 0.1) is 6.61 Å². The van der Waals surface area contributed by atoms with Crippen molar-refractivity contribution < 1.29 is 19.4 Å². The first-order valence-electron chi connectivity index (χ1n) is 12.2. The van der Waals surface area contributed by atoms with E-state index in [1.165, 1.54) is 5.56 Å². The predicted octanol–water partition coefficient (Wildman–Crippen LogP) is 3.66. The van der Waals surface area contributed by atoms with Crippen LogP contribution in [0.4, 0.5) is 0 Å². The van der Waals surface area contributed by atoms with E-state index in [-0.39, 0.29) is 5.91 Å². The molecule has 0 aliphatic rings. The van der Waals surface area contributed by atoms with Gasteiger partial charge in [0.2, 0.25) is 5.91 Å². The van der Waals surface area contributed by atoms with Gasteiger partial charge in [0.25, 0.3) is 0 Å². The highest BCUT2D eigenvalue weighted by Gasteiger charge is 2.12. The summed E-state index contributed by atoms with van der Waals surface area (Å²) in [5.74, 6) is -0.0424. The SMILES string of the molecule is CCc1cc(OCCCCNC(=O)CCCCCN)ccc1-c1ccc(C[C@H](N)C(=O)O)cc1. The fourth-order valence-corrected chi connectivity index (χ4v) is 3.74. The smallest absolute Gasteiger partial charge is 0.320 e. The number of aryl methyl sites for hydroxylation is 1. The van der Waals surface area contributed by atoms with Crippen LogP contribution in [-0.2, 0) is 22.4 Å². The van der Waals surface area contributed by atoms with Crippen molar-refractivity contribution in [1.82, 2.24) is 5.32 Å². The third kappa shape index (κ3) is 9.53. The molecule has 7 heteroatoms. The van der Waals surface area contributed by atoms with Crippen LogP contribution < -0.4 is 21.5 Å². The third-order valence-electron chi connectivity index (χ3n) is 5.77. The molecule has 0 aromatic heterocycles. The lowest BCUT2D eigenvalue weighted by Crippen LogP contribution is -2.32. The molecule has 0 fully saturated rings. The highest BCUT2D eigenvalue weighted by molar-refractivity contribution is 5.75. The zero-order chi connectivity index (χ0) is 24.8. The molecule has 34 heavy (non-hydrogen) atoms. The Kier molecular flexibility index (Phi) is 12.1. The van der Waals surface area contributed by atoms with Crippen LogP contribution >= 0.6 is 0 Å². The first-order chi connectivity index (χ1) is 16.4. The highest BCUT2D eigenvalue weighted by atomic mass is 16.5. The molecule has 1 atom stereocenters. The number of amides is 1. The van der Waals surface area contributed by atoms with Crippen molar-refractivity contribution in [2.75, 3.05) is 19.7 Å². The summed E-state index contributed by atoms with van der Waals surface area (Å²) in [7, 11) is 0. The highest BCUT2D eigenvalue weighted by Crippen LogP contribution is 2.28. The molecule has 6 N–H and O–H groups in total. The number of carbonyl (C=O) groups excluding carboxylic acids is 1. The van der Waals surface area contributed by atoms with Gasteiger partial charge >= 0.3 is 5.97 Å². The molecule has 0 spiro atoms. The monoisotopic (exact) mass is 469 g/mol. The Morgan fingerprint density at radius 2 is 1.79 bits per heavy atom. The van der Waals surface area contributed by atoms with Crippen LogP contribution in [0.2, 0.25) is 0 Å². The van der Waals surface area contributed by atoms with E-state index in [4.69, 9.17) is 21.3 Å². The van der Waals surface area contributed by atoms with Gasteiger partial charge in [-0.1, -0.05) is 43.7 Å². The Bertz CT molecular complexity index is 899. The number of hydrogen-bond acceptors (Lipinski definition) is 5. The van der Waals surface area contributed by atoms with Crippen LogP contribution in [0.5, 0.6) is 5.75 Å². The van der Waals surface area contributed by atoms with Crippen molar-refractivity contribution in [3.63, 3.8) is 0 Å². The molecule has 0 aliphatic carbocycles. The zero-order valence-corrected chi connectivity index (χ0v) is 20.2.